The van der Waals surface area contributed by atoms with Crippen molar-refractivity contribution in [2.45, 2.75) is 13.5 Å². The lowest BCUT2D eigenvalue weighted by atomic mass is 10.1. The van der Waals surface area contributed by atoms with Crippen molar-refractivity contribution in [2.24, 2.45) is 0 Å². The molecule has 26 heavy (non-hydrogen) atoms. The quantitative estimate of drug-likeness (QED) is 0.380. The van der Waals surface area contributed by atoms with Crippen LogP contribution in [0.4, 0.5) is 10.5 Å². The number of hydrogen-bond acceptors (Lipinski definition) is 5. The Morgan fingerprint density at radius 2 is 1.88 bits per heavy atom. The maximum absolute atomic E-state index is 12.5. The Balaban J connectivity index is 1.86. The lowest BCUT2D eigenvalue weighted by Gasteiger charge is -2.11. The molecule has 0 radical (unpaired) electrons. The summed E-state index contributed by atoms with van der Waals surface area (Å²) < 4.78 is 0. The minimum absolute atomic E-state index is 0.0575. The van der Waals surface area contributed by atoms with Crippen LogP contribution in [0.2, 0.25) is 0 Å². The van der Waals surface area contributed by atoms with E-state index in [1.165, 1.54) is 6.08 Å². The first-order valence-corrected chi connectivity index (χ1v) is 7.72. The summed E-state index contributed by atoms with van der Waals surface area (Å²) in [6.45, 7) is 2.03. The van der Waals surface area contributed by atoms with Crippen molar-refractivity contribution in [3.63, 3.8) is 0 Å². The molecule has 1 saturated heterocycles. The Hall–Kier alpha value is -3.68. The number of non-ortho nitro benzene ring substituents is 1. The highest BCUT2D eigenvalue weighted by Crippen LogP contribution is 2.26. The fourth-order valence-corrected chi connectivity index (χ4v) is 2.52. The molecule has 0 aromatic heterocycles. The maximum Gasteiger partial charge on any atom is 0.329 e. The van der Waals surface area contributed by atoms with E-state index in [0.29, 0.717) is 0 Å². The van der Waals surface area contributed by atoms with Gasteiger partial charge in [-0.15, -0.1) is 0 Å². The van der Waals surface area contributed by atoms with Crippen LogP contribution in [-0.2, 0) is 11.3 Å². The third-order valence-electron chi connectivity index (χ3n) is 3.95. The van der Waals surface area contributed by atoms with Gasteiger partial charge in [-0.3, -0.25) is 19.8 Å². The van der Waals surface area contributed by atoms with Crippen molar-refractivity contribution in [3.05, 3.63) is 75.0 Å². The zero-order chi connectivity index (χ0) is 18.8. The van der Waals surface area contributed by atoms with E-state index in [1.54, 1.807) is 0 Å². The summed E-state index contributed by atoms with van der Waals surface area (Å²) >= 11 is 0. The number of amides is 3. The molecule has 3 amide bonds. The standard InChI is InChI=1S/C18H15N3O5/c1-11-2-4-12(5-3-11)10-20-17(23)15(19-18(20)24)9-13-8-14(21(25)26)6-7-16(13)22/h2-9,22H,10H2,1H3,(H,19,24)/b15-9+. The van der Waals surface area contributed by atoms with E-state index < -0.39 is 16.9 Å². The lowest BCUT2D eigenvalue weighted by Crippen LogP contribution is -2.30. The van der Waals surface area contributed by atoms with E-state index in [1.807, 2.05) is 31.2 Å². The first-order valence-electron chi connectivity index (χ1n) is 7.72. The summed E-state index contributed by atoms with van der Waals surface area (Å²) in [6.07, 6.45) is 1.22. The van der Waals surface area contributed by atoms with Gasteiger partial charge in [0.15, 0.2) is 0 Å². The molecule has 0 unspecified atom stereocenters. The van der Waals surface area contributed by atoms with Gasteiger partial charge in [-0.2, -0.15) is 0 Å². The van der Waals surface area contributed by atoms with Gasteiger partial charge in [-0.25, -0.2) is 4.79 Å². The minimum atomic E-state index is -0.611. The monoisotopic (exact) mass is 353 g/mol. The molecule has 2 aromatic rings. The minimum Gasteiger partial charge on any atom is -0.507 e. The number of nitro groups is 1. The fraction of sp³-hybridized carbons (Fsp3) is 0.111. The Bertz CT molecular complexity index is 934. The molecule has 0 saturated carbocycles. The van der Waals surface area contributed by atoms with Crippen LogP contribution in [0, 0.1) is 17.0 Å². The van der Waals surface area contributed by atoms with Crippen molar-refractivity contribution in [1.82, 2.24) is 10.2 Å². The van der Waals surface area contributed by atoms with Crippen molar-refractivity contribution in [1.29, 1.82) is 0 Å². The zero-order valence-electron chi connectivity index (χ0n) is 13.8. The number of urea groups is 1. The second-order valence-electron chi connectivity index (χ2n) is 5.87. The number of nitrogens with zero attached hydrogens (tertiary/aromatic N) is 2. The van der Waals surface area contributed by atoms with Crippen LogP contribution in [0.15, 0.2) is 48.2 Å². The number of imide groups is 1. The average molecular weight is 353 g/mol. The molecular formula is C18H15N3O5. The molecule has 1 aliphatic heterocycles. The predicted octanol–water partition coefficient (Wildman–Crippen LogP) is 2.70. The van der Waals surface area contributed by atoms with Gasteiger partial charge < -0.3 is 10.4 Å². The van der Waals surface area contributed by atoms with Gasteiger partial charge in [0.25, 0.3) is 11.6 Å². The molecule has 1 aliphatic rings. The third-order valence-corrected chi connectivity index (χ3v) is 3.95. The first kappa shape index (κ1) is 17.2. The Morgan fingerprint density at radius 1 is 1.19 bits per heavy atom. The summed E-state index contributed by atoms with van der Waals surface area (Å²) in [5, 5.41) is 23.1. The highest BCUT2D eigenvalue weighted by atomic mass is 16.6. The number of aryl methyl sites for hydroxylation is 1. The first-order chi connectivity index (χ1) is 12.3. The predicted molar refractivity (Wildman–Crippen MR) is 93.0 cm³/mol. The second-order valence-corrected chi connectivity index (χ2v) is 5.87. The van der Waals surface area contributed by atoms with Crippen LogP contribution in [0.5, 0.6) is 5.75 Å². The molecule has 0 atom stereocenters. The van der Waals surface area contributed by atoms with Crippen LogP contribution in [-0.4, -0.2) is 26.9 Å². The number of nitro benzene ring substituents is 1. The van der Waals surface area contributed by atoms with Gasteiger partial charge in [-0.1, -0.05) is 29.8 Å². The third kappa shape index (κ3) is 3.39. The normalized spacial score (nSPS) is 15.4. The van der Waals surface area contributed by atoms with Gasteiger partial charge in [0.05, 0.1) is 11.5 Å². The number of carbonyl (C=O) groups is 2. The van der Waals surface area contributed by atoms with Gasteiger partial charge in [0.1, 0.15) is 11.4 Å². The van der Waals surface area contributed by atoms with Gasteiger partial charge in [-0.05, 0) is 24.6 Å². The lowest BCUT2D eigenvalue weighted by molar-refractivity contribution is -0.384. The van der Waals surface area contributed by atoms with E-state index in [9.17, 15) is 24.8 Å². The van der Waals surface area contributed by atoms with E-state index in [-0.39, 0.29) is 29.2 Å². The summed E-state index contributed by atoms with van der Waals surface area (Å²) in [7, 11) is 0. The van der Waals surface area contributed by atoms with Crippen LogP contribution < -0.4 is 5.32 Å². The molecular weight excluding hydrogens is 338 g/mol. The summed E-state index contributed by atoms with van der Waals surface area (Å²) in [4.78, 5) is 35.9. The Labute approximate surface area is 148 Å². The SMILES string of the molecule is Cc1ccc(CN2C(=O)N/C(=C/c3cc([N+](=O)[O-])ccc3O)C2=O)cc1. The van der Waals surface area contributed by atoms with E-state index in [4.69, 9.17) is 0 Å². The largest absolute Gasteiger partial charge is 0.507 e. The molecule has 132 valence electrons. The number of carbonyl (C=O) groups excluding carboxylic acids is 2. The highest BCUT2D eigenvalue weighted by molar-refractivity contribution is 6.14. The molecule has 0 bridgehead atoms. The van der Waals surface area contributed by atoms with Crippen molar-refractivity contribution < 1.29 is 19.6 Å². The molecule has 2 aromatic carbocycles. The number of benzene rings is 2. The average Bonchev–Trinajstić information content (AvgIpc) is 2.86. The molecule has 2 N–H and O–H groups in total. The van der Waals surface area contributed by atoms with E-state index >= 15 is 0 Å². The smallest absolute Gasteiger partial charge is 0.329 e. The maximum atomic E-state index is 12.5. The number of phenolic OH excluding ortho intramolecular Hbond substituents is 1. The fourth-order valence-electron chi connectivity index (χ4n) is 2.52. The van der Waals surface area contributed by atoms with Gasteiger partial charge in [0.2, 0.25) is 0 Å². The molecule has 1 heterocycles. The van der Waals surface area contributed by atoms with Crippen LogP contribution >= 0.6 is 0 Å². The molecule has 3 rings (SSSR count). The molecule has 1 fully saturated rings. The summed E-state index contributed by atoms with van der Waals surface area (Å²) in [6, 6.07) is 10.3. The Kier molecular flexibility index (Phi) is 4.40. The van der Waals surface area contributed by atoms with Crippen molar-refractivity contribution in [3.8, 4) is 5.75 Å². The summed E-state index contributed by atoms with van der Waals surface area (Å²) in [5.74, 6) is -0.802. The Morgan fingerprint density at radius 3 is 2.54 bits per heavy atom. The van der Waals surface area contributed by atoms with Gasteiger partial charge in [0, 0.05) is 17.7 Å². The van der Waals surface area contributed by atoms with Crippen molar-refractivity contribution in [2.75, 3.05) is 0 Å². The summed E-state index contributed by atoms with van der Waals surface area (Å²) in [5.41, 5.74) is 1.63. The van der Waals surface area contributed by atoms with Crippen LogP contribution in [0.3, 0.4) is 0 Å². The molecule has 0 spiro atoms. The number of rotatable bonds is 4. The van der Waals surface area contributed by atoms with Crippen molar-refractivity contribution >= 4 is 23.7 Å². The number of phenols is 1. The number of aromatic hydroxyl groups is 1. The van der Waals surface area contributed by atoms with E-state index in [2.05, 4.69) is 5.32 Å². The van der Waals surface area contributed by atoms with Gasteiger partial charge >= 0.3 is 6.03 Å². The second kappa shape index (κ2) is 6.67. The number of hydrogen-bond donors (Lipinski definition) is 2. The van der Waals surface area contributed by atoms with Crippen LogP contribution in [0.25, 0.3) is 6.08 Å². The number of nitrogens with one attached hydrogen (secondary N) is 1. The molecule has 8 nitrogen and oxygen atoms in total. The van der Waals surface area contributed by atoms with Crippen LogP contribution in [0.1, 0.15) is 16.7 Å². The highest BCUT2D eigenvalue weighted by Gasteiger charge is 2.33. The van der Waals surface area contributed by atoms with E-state index in [0.717, 1.165) is 34.2 Å². The molecule has 0 aliphatic carbocycles. The topological polar surface area (TPSA) is 113 Å². The zero-order valence-corrected chi connectivity index (χ0v) is 13.8. The molecule has 8 heteroatoms.